The number of rotatable bonds is 4. The molecule has 1 heterocycles. The van der Waals surface area contributed by atoms with Gasteiger partial charge in [0.2, 0.25) is 5.91 Å². The van der Waals surface area contributed by atoms with Gasteiger partial charge < -0.3 is 10.2 Å². The average Bonchev–Trinajstić information content (AvgIpc) is 2.99. The third-order valence-corrected chi connectivity index (χ3v) is 4.42. The summed E-state index contributed by atoms with van der Waals surface area (Å²) in [5.41, 5.74) is 0.249. The van der Waals surface area contributed by atoms with E-state index < -0.39 is 0 Å². The molecule has 2 atom stereocenters. The fraction of sp³-hybridized carbons (Fsp3) is 0.929. The second-order valence-electron chi connectivity index (χ2n) is 6.80. The summed E-state index contributed by atoms with van der Waals surface area (Å²) in [7, 11) is 2.02. The Morgan fingerprint density at radius 1 is 1.41 bits per heavy atom. The van der Waals surface area contributed by atoms with Crippen LogP contribution in [0, 0.1) is 17.3 Å². The zero-order chi connectivity index (χ0) is 12.6. The lowest BCUT2D eigenvalue weighted by Crippen LogP contribution is -2.42. The Kier molecular flexibility index (Phi) is 3.48. The molecule has 2 rings (SSSR count). The number of carbonyl (C=O) groups excluding carboxylic acids is 1. The molecule has 0 radical (unpaired) electrons. The average molecular weight is 238 g/mol. The SMILES string of the molecule is CNC(CN1CC(C(C)(C)C)CC1=O)C1CC1. The van der Waals surface area contributed by atoms with E-state index >= 15 is 0 Å². The van der Waals surface area contributed by atoms with Gasteiger partial charge in [-0.25, -0.2) is 0 Å². The van der Waals surface area contributed by atoms with Crippen LogP contribution >= 0.6 is 0 Å². The van der Waals surface area contributed by atoms with Crippen molar-refractivity contribution < 1.29 is 4.79 Å². The fourth-order valence-corrected chi connectivity index (χ4v) is 2.74. The molecule has 17 heavy (non-hydrogen) atoms. The van der Waals surface area contributed by atoms with Crippen molar-refractivity contribution in [2.24, 2.45) is 17.3 Å². The van der Waals surface area contributed by atoms with E-state index in [0.717, 1.165) is 25.4 Å². The lowest BCUT2D eigenvalue weighted by atomic mass is 9.80. The molecule has 1 saturated heterocycles. The molecule has 98 valence electrons. The van der Waals surface area contributed by atoms with Crippen LogP contribution in [0.25, 0.3) is 0 Å². The summed E-state index contributed by atoms with van der Waals surface area (Å²) in [5.74, 6) is 1.68. The van der Waals surface area contributed by atoms with Gasteiger partial charge in [0.1, 0.15) is 0 Å². The predicted octanol–water partition coefficient (Wildman–Crippen LogP) is 1.88. The summed E-state index contributed by atoms with van der Waals surface area (Å²) in [6.07, 6.45) is 3.40. The molecule has 0 aromatic rings. The maximum atomic E-state index is 12.0. The summed E-state index contributed by atoms with van der Waals surface area (Å²) in [4.78, 5) is 14.1. The van der Waals surface area contributed by atoms with Gasteiger partial charge in [0.15, 0.2) is 0 Å². The van der Waals surface area contributed by atoms with Gasteiger partial charge in [0.05, 0.1) is 0 Å². The van der Waals surface area contributed by atoms with Crippen molar-refractivity contribution in [3.05, 3.63) is 0 Å². The van der Waals surface area contributed by atoms with Crippen LogP contribution in [0.2, 0.25) is 0 Å². The van der Waals surface area contributed by atoms with E-state index in [9.17, 15) is 4.79 Å². The Balaban J connectivity index is 1.91. The van der Waals surface area contributed by atoms with Crippen LogP contribution < -0.4 is 5.32 Å². The molecule has 0 bridgehead atoms. The smallest absolute Gasteiger partial charge is 0.222 e. The highest BCUT2D eigenvalue weighted by atomic mass is 16.2. The molecule has 2 unspecified atom stereocenters. The minimum absolute atomic E-state index is 0.249. The predicted molar refractivity (Wildman–Crippen MR) is 69.7 cm³/mol. The van der Waals surface area contributed by atoms with Crippen LogP contribution in [0.3, 0.4) is 0 Å². The van der Waals surface area contributed by atoms with Gasteiger partial charge in [0, 0.05) is 25.6 Å². The van der Waals surface area contributed by atoms with Gasteiger partial charge in [-0.2, -0.15) is 0 Å². The number of hydrogen-bond acceptors (Lipinski definition) is 2. The second kappa shape index (κ2) is 4.60. The van der Waals surface area contributed by atoms with Crippen molar-refractivity contribution in [1.29, 1.82) is 0 Å². The molecule has 1 amide bonds. The summed E-state index contributed by atoms with van der Waals surface area (Å²) in [6.45, 7) is 8.58. The Labute approximate surface area is 105 Å². The van der Waals surface area contributed by atoms with Crippen LogP contribution in [0.4, 0.5) is 0 Å². The first kappa shape index (κ1) is 12.9. The van der Waals surface area contributed by atoms with E-state index in [1.165, 1.54) is 12.8 Å². The lowest BCUT2D eigenvalue weighted by molar-refractivity contribution is -0.128. The van der Waals surface area contributed by atoms with Gasteiger partial charge in [0.25, 0.3) is 0 Å². The molecule has 0 aromatic carbocycles. The number of carbonyl (C=O) groups is 1. The normalized spacial score (nSPS) is 27.6. The quantitative estimate of drug-likeness (QED) is 0.811. The summed E-state index contributed by atoms with van der Waals surface area (Å²) < 4.78 is 0. The Hall–Kier alpha value is -0.570. The van der Waals surface area contributed by atoms with Crippen LogP contribution in [0.5, 0.6) is 0 Å². The fourth-order valence-electron chi connectivity index (χ4n) is 2.74. The van der Waals surface area contributed by atoms with Crippen molar-refractivity contribution in [2.75, 3.05) is 20.1 Å². The van der Waals surface area contributed by atoms with Crippen molar-refractivity contribution in [1.82, 2.24) is 10.2 Å². The lowest BCUT2D eigenvalue weighted by Gasteiger charge is -2.28. The molecule has 0 aromatic heterocycles. The molecular weight excluding hydrogens is 212 g/mol. The van der Waals surface area contributed by atoms with E-state index in [0.29, 0.717) is 17.9 Å². The van der Waals surface area contributed by atoms with Crippen LogP contribution in [0.1, 0.15) is 40.0 Å². The molecule has 1 N–H and O–H groups in total. The van der Waals surface area contributed by atoms with Crippen LogP contribution in [-0.4, -0.2) is 37.0 Å². The third-order valence-electron chi connectivity index (χ3n) is 4.42. The van der Waals surface area contributed by atoms with Gasteiger partial charge in [-0.1, -0.05) is 20.8 Å². The number of nitrogens with one attached hydrogen (secondary N) is 1. The Morgan fingerprint density at radius 2 is 2.06 bits per heavy atom. The summed E-state index contributed by atoms with van der Waals surface area (Å²) >= 11 is 0. The zero-order valence-electron chi connectivity index (χ0n) is 11.6. The van der Waals surface area contributed by atoms with E-state index in [4.69, 9.17) is 0 Å². The van der Waals surface area contributed by atoms with Gasteiger partial charge in [-0.3, -0.25) is 4.79 Å². The van der Waals surface area contributed by atoms with Crippen LogP contribution in [0.15, 0.2) is 0 Å². The van der Waals surface area contributed by atoms with Crippen molar-refractivity contribution in [3.63, 3.8) is 0 Å². The molecule has 2 aliphatic rings. The maximum Gasteiger partial charge on any atom is 0.222 e. The van der Waals surface area contributed by atoms with Crippen molar-refractivity contribution in [2.45, 2.75) is 46.1 Å². The molecule has 3 nitrogen and oxygen atoms in total. The molecule has 2 fully saturated rings. The maximum absolute atomic E-state index is 12.0. The number of nitrogens with zero attached hydrogens (tertiary/aromatic N) is 1. The van der Waals surface area contributed by atoms with Crippen molar-refractivity contribution in [3.8, 4) is 0 Å². The topological polar surface area (TPSA) is 32.3 Å². The largest absolute Gasteiger partial charge is 0.341 e. The Bertz CT molecular complexity index is 291. The highest BCUT2D eigenvalue weighted by molar-refractivity contribution is 5.78. The van der Waals surface area contributed by atoms with Gasteiger partial charge in [-0.15, -0.1) is 0 Å². The van der Waals surface area contributed by atoms with E-state index in [-0.39, 0.29) is 5.41 Å². The minimum Gasteiger partial charge on any atom is -0.341 e. The van der Waals surface area contributed by atoms with Gasteiger partial charge >= 0.3 is 0 Å². The van der Waals surface area contributed by atoms with Crippen LogP contribution in [-0.2, 0) is 4.79 Å². The van der Waals surface area contributed by atoms with E-state index in [2.05, 4.69) is 31.0 Å². The monoisotopic (exact) mass is 238 g/mol. The number of amides is 1. The second-order valence-corrected chi connectivity index (χ2v) is 6.80. The highest BCUT2D eigenvalue weighted by Crippen LogP contribution is 2.36. The van der Waals surface area contributed by atoms with Crippen molar-refractivity contribution >= 4 is 5.91 Å². The molecular formula is C14H26N2O. The zero-order valence-corrected chi connectivity index (χ0v) is 11.6. The van der Waals surface area contributed by atoms with Gasteiger partial charge in [-0.05, 0) is 37.1 Å². The molecule has 1 aliphatic carbocycles. The molecule has 1 saturated carbocycles. The molecule has 1 aliphatic heterocycles. The first-order valence-electron chi connectivity index (χ1n) is 6.87. The third kappa shape index (κ3) is 3.01. The first-order chi connectivity index (χ1) is 7.91. The molecule has 0 spiro atoms. The summed E-state index contributed by atoms with van der Waals surface area (Å²) in [5, 5.41) is 3.37. The number of likely N-dealkylation sites (N-methyl/N-ethyl adjacent to an activating group) is 1. The standard InChI is InChI=1S/C14H26N2O/c1-14(2,3)11-7-13(17)16(8-11)9-12(15-4)10-5-6-10/h10-12,15H,5-9H2,1-4H3. The van der Waals surface area contributed by atoms with E-state index in [1.54, 1.807) is 0 Å². The molecule has 3 heteroatoms. The summed E-state index contributed by atoms with van der Waals surface area (Å²) in [6, 6.07) is 0.512. The van der Waals surface area contributed by atoms with E-state index in [1.807, 2.05) is 7.05 Å². The minimum atomic E-state index is 0.249. The number of hydrogen-bond donors (Lipinski definition) is 1. The number of likely N-dealkylation sites (tertiary alicyclic amines) is 1. The highest BCUT2D eigenvalue weighted by Gasteiger charge is 2.39. The Morgan fingerprint density at radius 3 is 2.47 bits per heavy atom. The first-order valence-corrected chi connectivity index (χ1v) is 6.87.